The van der Waals surface area contributed by atoms with Gasteiger partial charge in [0.15, 0.2) is 0 Å². The van der Waals surface area contributed by atoms with Crippen molar-refractivity contribution in [2.45, 2.75) is 10.6 Å². The molecule has 1 aromatic rings. The maximum atomic E-state index is 13.2. The third-order valence-corrected chi connectivity index (χ3v) is 3.40. The van der Waals surface area contributed by atoms with Crippen LogP contribution in [0.5, 0.6) is 0 Å². The average molecular weight is 255 g/mol. The summed E-state index contributed by atoms with van der Waals surface area (Å²) in [5.74, 6) is -1.02. The van der Waals surface area contributed by atoms with Crippen LogP contribution in [-0.2, 0) is 14.8 Å². The van der Waals surface area contributed by atoms with Gasteiger partial charge in [-0.2, -0.15) is 0 Å². The van der Waals surface area contributed by atoms with E-state index in [1.165, 1.54) is 23.9 Å². The molecule has 0 aromatic heterocycles. The lowest BCUT2D eigenvalue weighted by Crippen LogP contribution is -2.00. The van der Waals surface area contributed by atoms with Gasteiger partial charge in [-0.25, -0.2) is 12.8 Å². The molecule has 0 unspecified atom stereocenters. The highest BCUT2D eigenvalue weighted by Crippen LogP contribution is 2.25. The highest BCUT2D eigenvalue weighted by atomic mass is 35.7. The molecule has 0 saturated carbocycles. The molecule has 0 aliphatic rings. The molecule has 0 amide bonds. The van der Waals surface area contributed by atoms with Gasteiger partial charge in [0.2, 0.25) is 9.05 Å². The minimum atomic E-state index is -3.71. The van der Waals surface area contributed by atoms with Crippen molar-refractivity contribution < 1.29 is 12.8 Å². The molecule has 0 N–H and O–H groups in total. The zero-order valence-electron chi connectivity index (χ0n) is 7.33. The predicted octanol–water partition coefficient (Wildman–Crippen LogP) is 2.62. The minimum Gasteiger partial charge on any atom is -0.212 e. The van der Waals surface area contributed by atoms with E-state index in [0.29, 0.717) is 4.90 Å². The number of thioether (sulfide) groups is 1. The normalized spacial score (nSPS) is 11.6. The summed E-state index contributed by atoms with van der Waals surface area (Å²) in [6.45, 7) is 0. The first-order chi connectivity index (χ1) is 6.44. The standard InChI is InChI=1S/C8H8ClFO2S2/c1-13-8-4-2-3-7(10)6(8)5-14(9,11)12/h2-4H,5H2,1H3. The van der Waals surface area contributed by atoms with Crippen molar-refractivity contribution in [3.05, 3.63) is 29.6 Å². The van der Waals surface area contributed by atoms with Gasteiger partial charge in [0.05, 0.1) is 5.75 Å². The summed E-state index contributed by atoms with van der Waals surface area (Å²) in [7, 11) is 1.35. The maximum Gasteiger partial charge on any atom is 0.236 e. The molecule has 0 fully saturated rings. The SMILES string of the molecule is CSc1cccc(F)c1CS(=O)(=O)Cl. The molecule has 0 aliphatic heterocycles. The number of hydrogen-bond donors (Lipinski definition) is 0. The zero-order chi connectivity index (χ0) is 10.8. The lowest BCUT2D eigenvalue weighted by atomic mass is 10.2. The first-order valence-corrected chi connectivity index (χ1v) is 7.38. The summed E-state index contributed by atoms with van der Waals surface area (Å²) in [6, 6.07) is 4.41. The Morgan fingerprint density at radius 2 is 2.14 bits per heavy atom. The summed E-state index contributed by atoms with van der Waals surface area (Å²) < 4.78 is 34.9. The Bertz CT molecular complexity index is 431. The molecule has 0 radical (unpaired) electrons. The third-order valence-electron chi connectivity index (χ3n) is 1.61. The van der Waals surface area contributed by atoms with Crippen LogP contribution in [0.3, 0.4) is 0 Å². The summed E-state index contributed by atoms with van der Waals surface area (Å²) >= 11 is 1.29. The Balaban J connectivity index is 3.18. The molecule has 0 bridgehead atoms. The van der Waals surface area contributed by atoms with Gasteiger partial charge in [0, 0.05) is 21.1 Å². The van der Waals surface area contributed by atoms with Crippen LogP contribution in [0.15, 0.2) is 23.1 Å². The molecule has 78 valence electrons. The fourth-order valence-electron chi connectivity index (χ4n) is 1.04. The van der Waals surface area contributed by atoms with E-state index in [2.05, 4.69) is 0 Å². The van der Waals surface area contributed by atoms with Crippen LogP contribution in [0.4, 0.5) is 4.39 Å². The number of hydrogen-bond acceptors (Lipinski definition) is 3. The van der Waals surface area contributed by atoms with E-state index in [1.807, 2.05) is 0 Å². The second-order valence-corrected chi connectivity index (χ2v) is 6.23. The Morgan fingerprint density at radius 1 is 1.50 bits per heavy atom. The van der Waals surface area contributed by atoms with Crippen LogP contribution in [0.1, 0.15) is 5.56 Å². The van der Waals surface area contributed by atoms with Gasteiger partial charge in [-0.05, 0) is 18.4 Å². The topological polar surface area (TPSA) is 34.1 Å². The van der Waals surface area contributed by atoms with Gasteiger partial charge in [-0.15, -0.1) is 11.8 Å². The van der Waals surface area contributed by atoms with Crippen LogP contribution in [0.2, 0.25) is 0 Å². The molecule has 1 rings (SSSR count). The highest BCUT2D eigenvalue weighted by Gasteiger charge is 2.14. The Labute approximate surface area is 90.9 Å². The lowest BCUT2D eigenvalue weighted by molar-refractivity contribution is 0.594. The van der Waals surface area contributed by atoms with E-state index in [1.54, 1.807) is 12.3 Å². The fraction of sp³-hybridized carbons (Fsp3) is 0.250. The van der Waals surface area contributed by atoms with Crippen molar-refractivity contribution in [1.82, 2.24) is 0 Å². The molecule has 0 aliphatic carbocycles. The molecule has 0 saturated heterocycles. The molecule has 0 atom stereocenters. The molecule has 14 heavy (non-hydrogen) atoms. The van der Waals surface area contributed by atoms with E-state index in [9.17, 15) is 12.8 Å². The van der Waals surface area contributed by atoms with E-state index >= 15 is 0 Å². The van der Waals surface area contributed by atoms with E-state index in [0.717, 1.165) is 0 Å². The summed E-state index contributed by atoms with van der Waals surface area (Å²) in [4.78, 5) is 0.592. The van der Waals surface area contributed by atoms with Crippen LogP contribution in [0, 0.1) is 5.82 Å². The van der Waals surface area contributed by atoms with Crippen molar-refractivity contribution in [2.24, 2.45) is 0 Å². The largest absolute Gasteiger partial charge is 0.236 e. The monoisotopic (exact) mass is 254 g/mol. The highest BCUT2D eigenvalue weighted by molar-refractivity contribution is 8.13. The Kier molecular flexibility index (Phi) is 3.80. The number of halogens is 2. The van der Waals surface area contributed by atoms with Crippen molar-refractivity contribution in [3.8, 4) is 0 Å². The van der Waals surface area contributed by atoms with Gasteiger partial charge in [0.1, 0.15) is 5.82 Å². The molecule has 2 nitrogen and oxygen atoms in total. The molecule has 0 spiro atoms. The quantitative estimate of drug-likeness (QED) is 0.614. The van der Waals surface area contributed by atoms with Crippen molar-refractivity contribution >= 4 is 31.5 Å². The molecule has 0 heterocycles. The average Bonchev–Trinajstić information content (AvgIpc) is 2.06. The smallest absolute Gasteiger partial charge is 0.212 e. The van der Waals surface area contributed by atoms with E-state index in [-0.39, 0.29) is 5.56 Å². The predicted molar refractivity (Wildman–Crippen MR) is 56.7 cm³/mol. The van der Waals surface area contributed by atoms with E-state index < -0.39 is 20.6 Å². The van der Waals surface area contributed by atoms with Crippen molar-refractivity contribution in [1.29, 1.82) is 0 Å². The van der Waals surface area contributed by atoms with Gasteiger partial charge in [0.25, 0.3) is 0 Å². The third kappa shape index (κ3) is 3.15. The summed E-state index contributed by atoms with van der Waals surface area (Å²) in [5.41, 5.74) is 0.134. The fourth-order valence-corrected chi connectivity index (χ4v) is 2.73. The van der Waals surface area contributed by atoms with Gasteiger partial charge >= 0.3 is 0 Å². The molecular weight excluding hydrogens is 247 g/mol. The van der Waals surface area contributed by atoms with Crippen LogP contribution in [0.25, 0.3) is 0 Å². The van der Waals surface area contributed by atoms with E-state index in [4.69, 9.17) is 10.7 Å². The minimum absolute atomic E-state index is 0.134. The van der Waals surface area contributed by atoms with Crippen molar-refractivity contribution in [3.63, 3.8) is 0 Å². The first kappa shape index (κ1) is 11.8. The van der Waals surface area contributed by atoms with Gasteiger partial charge in [-0.3, -0.25) is 0 Å². The second-order valence-electron chi connectivity index (χ2n) is 2.60. The number of benzene rings is 1. The second kappa shape index (κ2) is 4.51. The Hall–Kier alpha value is -0.260. The summed E-state index contributed by atoms with van der Waals surface area (Å²) in [5, 5.41) is 0. The molecule has 6 heteroatoms. The lowest BCUT2D eigenvalue weighted by Gasteiger charge is -2.05. The van der Waals surface area contributed by atoms with Crippen molar-refractivity contribution in [2.75, 3.05) is 6.26 Å². The van der Waals surface area contributed by atoms with Crippen LogP contribution >= 0.6 is 22.4 Å². The van der Waals surface area contributed by atoms with Crippen LogP contribution < -0.4 is 0 Å². The summed E-state index contributed by atoms with van der Waals surface area (Å²) in [6.07, 6.45) is 1.75. The molecular formula is C8H8ClFO2S2. The van der Waals surface area contributed by atoms with Gasteiger partial charge < -0.3 is 0 Å². The Morgan fingerprint density at radius 3 is 2.64 bits per heavy atom. The van der Waals surface area contributed by atoms with Crippen LogP contribution in [-0.4, -0.2) is 14.7 Å². The number of rotatable bonds is 3. The zero-order valence-corrected chi connectivity index (χ0v) is 9.72. The molecule has 1 aromatic carbocycles. The maximum absolute atomic E-state index is 13.2. The van der Waals surface area contributed by atoms with Gasteiger partial charge in [-0.1, -0.05) is 6.07 Å². The first-order valence-electron chi connectivity index (χ1n) is 3.68.